The van der Waals surface area contributed by atoms with E-state index in [0.717, 1.165) is 0 Å². The fraction of sp³-hybridized carbons (Fsp3) is 0.923. The van der Waals surface area contributed by atoms with Crippen molar-refractivity contribution in [2.45, 2.75) is 73.1 Å². The summed E-state index contributed by atoms with van der Waals surface area (Å²) in [6.45, 7) is 8.82. The quantitative estimate of drug-likeness (QED) is 0.639. The molecule has 0 fully saturated rings. The van der Waals surface area contributed by atoms with E-state index in [1.807, 2.05) is 0 Å². The molecule has 0 saturated carbocycles. The Morgan fingerprint density at radius 1 is 0.875 bits per heavy atom. The molecule has 0 aliphatic carbocycles. The van der Waals surface area contributed by atoms with Crippen LogP contribution in [0.1, 0.15) is 59.8 Å². The van der Waals surface area contributed by atoms with E-state index in [2.05, 4.69) is 20.8 Å². The Hall–Kier alpha value is 0.269. The summed E-state index contributed by atoms with van der Waals surface area (Å²) in [5, 5.41) is 9.49. The predicted molar refractivity (Wildman–Crippen MR) is 71.0 cm³/mol. The van der Waals surface area contributed by atoms with Crippen molar-refractivity contribution in [3.8, 4) is 0 Å². The number of carboxylic acid groups (broad SMARTS) is 1. The van der Waals surface area contributed by atoms with Gasteiger partial charge in [-0.25, -0.2) is 0 Å². The van der Waals surface area contributed by atoms with Crippen molar-refractivity contribution in [1.82, 2.24) is 0 Å². The average molecular weight is 335 g/mol. The van der Waals surface area contributed by atoms with Gasteiger partial charge >= 0.3 is 73.1 Å². The van der Waals surface area contributed by atoms with Crippen molar-refractivity contribution in [1.29, 1.82) is 0 Å². The summed E-state index contributed by atoms with van der Waals surface area (Å²) in [6, 6.07) is 0. The van der Waals surface area contributed by atoms with Crippen LogP contribution in [0.2, 0.25) is 13.3 Å². The van der Waals surface area contributed by atoms with Crippen LogP contribution in [0.3, 0.4) is 0 Å². The molecule has 3 heteroatoms. The number of carbonyl (C=O) groups excluding carboxylic acids is 1. The molecule has 0 aliphatic rings. The van der Waals surface area contributed by atoms with Crippen LogP contribution in [0.15, 0.2) is 0 Å². The molecule has 0 N–H and O–H groups in total. The first-order valence-electron chi connectivity index (χ1n) is 6.65. The first kappa shape index (κ1) is 18.6. The van der Waals surface area contributed by atoms with Crippen LogP contribution in [0.25, 0.3) is 0 Å². The summed E-state index contributed by atoms with van der Waals surface area (Å²) < 4.78 is 4.93. The molecule has 0 aromatic rings. The van der Waals surface area contributed by atoms with E-state index in [-0.39, 0.29) is 6.42 Å². The normalized spacial score (nSPS) is 9.25. The van der Waals surface area contributed by atoms with Crippen LogP contribution in [0.5, 0.6) is 0 Å². The zero-order chi connectivity index (χ0) is 12.8. The predicted octanol–water partition coefficient (Wildman–Crippen LogP) is 3.25. The monoisotopic (exact) mass is 336 g/mol. The van der Waals surface area contributed by atoms with Gasteiger partial charge in [0.05, 0.1) is 0 Å². The van der Waals surface area contributed by atoms with Gasteiger partial charge in [0.25, 0.3) is 0 Å². The molecule has 0 aromatic carbocycles. The minimum absolute atomic E-state index is 0.181. The van der Waals surface area contributed by atoms with E-state index in [9.17, 15) is 9.90 Å². The summed E-state index contributed by atoms with van der Waals surface area (Å²) in [5.41, 5.74) is 0. The molecule has 0 unspecified atom stereocenters. The zero-order valence-corrected chi connectivity index (χ0v) is 14.3. The van der Waals surface area contributed by atoms with Gasteiger partial charge in [-0.3, -0.25) is 0 Å². The van der Waals surface area contributed by atoms with Crippen molar-refractivity contribution < 1.29 is 9.90 Å². The number of carbonyl (C=O) groups is 1. The SMILES string of the molecule is CCCC(=O)[O-].CC[CH2][Sn+]([CH2]CC)[CH2]CC. The van der Waals surface area contributed by atoms with Crippen molar-refractivity contribution in [3.05, 3.63) is 0 Å². The van der Waals surface area contributed by atoms with Crippen molar-refractivity contribution >= 4 is 25.7 Å². The maximum absolute atomic E-state index is 9.49. The molecule has 0 atom stereocenters. The van der Waals surface area contributed by atoms with Gasteiger partial charge in [0, 0.05) is 5.97 Å². The van der Waals surface area contributed by atoms with Crippen LogP contribution in [-0.2, 0) is 4.79 Å². The third-order valence-corrected chi connectivity index (χ3v) is 12.6. The van der Waals surface area contributed by atoms with Crippen molar-refractivity contribution in [2.24, 2.45) is 0 Å². The fourth-order valence-electron chi connectivity index (χ4n) is 1.64. The molecular weight excluding hydrogens is 307 g/mol. The van der Waals surface area contributed by atoms with E-state index in [0.29, 0.717) is 6.42 Å². The van der Waals surface area contributed by atoms with Crippen LogP contribution in [0.4, 0.5) is 0 Å². The first-order valence-corrected chi connectivity index (χ1v) is 12.7. The number of carboxylic acids is 1. The van der Waals surface area contributed by atoms with Crippen molar-refractivity contribution in [2.75, 3.05) is 0 Å². The molecule has 0 saturated heterocycles. The summed E-state index contributed by atoms with van der Waals surface area (Å²) in [6.07, 6.45) is 5.21. The molecule has 2 nitrogen and oxygen atoms in total. The number of hydrogen-bond acceptors (Lipinski definition) is 2. The first-order chi connectivity index (χ1) is 7.62. The summed E-state index contributed by atoms with van der Waals surface area (Å²) in [4.78, 5) is 9.49. The van der Waals surface area contributed by atoms with Crippen LogP contribution >= 0.6 is 0 Å². The molecule has 0 spiro atoms. The Balaban J connectivity index is 0. The Kier molecular flexibility index (Phi) is 17.8. The molecule has 0 heterocycles. The molecular formula is C13H28O2Sn. The maximum atomic E-state index is 9.49. The Bertz CT molecular complexity index is 135. The number of hydrogen-bond donors (Lipinski definition) is 0. The number of rotatable bonds is 8. The van der Waals surface area contributed by atoms with Crippen LogP contribution in [-0.4, -0.2) is 25.7 Å². The average Bonchev–Trinajstić information content (AvgIpc) is 2.19. The minimum atomic E-state index is -0.961. The van der Waals surface area contributed by atoms with Gasteiger partial charge in [0.2, 0.25) is 0 Å². The summed E-state index contributed by atoms with van der Waals surface area (Å²) >= 11 is -0.759. The van der Waals surface area contributed by atoms with Gasteiger partial charge < -0.3 is 9.90 Å². The van der Waals surface area contributed by atoms with E-state index in [4.69, 9.17) is 0 Å². The second kappa shape index (κ2) is 15.3. The van der Waals surface area contributed by atoms with Gasteiger partial charge in [-0.2, -0.15) is 0 Å². The Morgan fingerprint density at radius 3 is 1.38 bits per heavy atom. The standard InChI is InChI=1S/C4H8O2.3C3H7.Sn/c1-2-3-4(5)6;3*1-3-2;/h2-3H2,1H3,(H,5,6);3*1,3H2,2H3;/q;;;;+1/p-1. The number of aliphatic carboxylic acids is 1. The van der Waals surface area contributed by atoms with Gasteiger partial charge in [-0.15, -0.1) is 0 Å². The van der Waals surface area contributed by atoms with Crippen molar-refractivity contribution in [3.63, 3.8) is 0 Å². The second-order valence-electron chi connectivity index (χ2n) is 4.12. The van der Waals surface area contributed by atoms with E-state index in [1.165, 1.54) is 19.3 Å². The van der Waals surface area contributed by atoms with Gasteiger partial charge in [0.1, 0.15) is 0 Å². The topological polar surface area (TPSA) is 40.1 Å². The molecule has 16 heavy (non-hydrogen) atoms. The van der Waals surface area contributed by atoms with E-state index in [1.54, 1.807) is 20.2 Å². The van der Waals surface area contributed by atoms with Crippen LogP contribution in [0, 0.1) is 0 Å². The molecule has 0 aromatic heterocycles. The Labute approximate surface area is 109 Å². The van der Waals surface area contributed by atoms with Gasteiger partial charge in [-0.05, 0) is 6.42 Å². The molecule has 0 amide bonds. The van der Waals surface area contributed by atoms with Gasteiger partial charge in [0.15, 0.2) is 0 Å². The molecule has 96 valence electrons. The van der Waals surface area contributed by atoms with Crippen LogP contribution < -0.4 is 5.11 Å². The second-order valence-corrected chi connectivity index (χ2v) is 12.7. The third kappa shape index (κ3) is 16.7. The Morgan fingerprint density at radius 2 is 1.25 bits per heavy atom. The van der Waals surface area contributed by atoms with E-state index < -0.39 is 25.7 Å². The summed E-state index contributed by atoms with van der Waals surface area (Å²) in [7, 11) is 0. The van der Waals surface area contributed by atoms with Gasteiger partial charge in [-0.1, -0.05) is 13.3 Å². The molecule has 0 rings (SSSR count). The third-order valence-electron chi connectivity index (χ3n) is 2.26. The molecule has 0 aliphatic heterocycles. The summed E-state index contributed by atoms with van der Waals surface area (Å²) in [5.74, 6) is -0.961. The fourth-order valence-corrected chi connectivity index (χ4v) is 9.83. The zero-order valence-electron chi connectivity index (χ0n) is 11.5. The molecule has 0 bridgehead atoms. The van der Waals surface area contributed by atoms with E-state index >= 15 is 0 Å². The molecule has 0 radical (unpaired) electrons.